The molecular weight excluding hydrogens is 356 g/mol. The average Bonchev–Trinajstić information content (AvgIpc) is 3.18. The second-order valence-corrected chi connectivity index (χ2v) is 6.97. The molecule has 0 radical (unpaired) electrons. The molecule has 0 bridgehead atoms. The molecule has 3 rings (SSSR count). The summed E-state index contributed by atoms with van der Waals surface area (Å²) in [5.74, 6) is 3.53. The van der Waals surface area contributed by atoms with Crippen LogP contribution in [0, 0.1) is 6.92 Å². The molecule has 7 nitrogen and oxygen atoms in total. The van der Waals surface area contributed by atoms with Crippen molar-refractivity contribution in [2.24, 2.45) is 0 Å². The van der Waals surface area contributed by atoms with Crippen molar-refractivity contribution in [3.05, 3.63) is 47.4 Å². The van der Waals surface area contributed by atoms with Crippen molar-refractivity contribution in [1.82, 2.24) is 15.1 Å². The van der Waals surface area contributed by atoms with Crippen LogP contribution in [0.15, 0.2) is 35.0 Å². The maximum Gasteiger partial charge on any atom is 0.258 e. The molecule has 0 saturated carbocycles. The molecule has 0 saturated heterocycles. The summed E-state index contributed by atoms with van der Waals surface area (Å²) in [4.78, 5) is 8.87. The zero-order valence-electron chi connectivity index (χ0n) is 17.1. The Hall–Kier alpha value is -3.09. The van der Waals surface area contributed by atoms with Gasteiger partial charge in [0.25, 0.3) is 5.89 Å². The Morgan fingerprint density at radius 3 is 2.39 bits per heavy atom. The second kappa shape index (κ2) is 8.29. The summed E-state index contributed by atoms with van der Waals surface area (Å²) in [5.41, 5.74) is 3.03. The van der Waals surface area contributed by atoms with Crippen molar-refractivity contribution in [1.29, 1.82) is 0 Å². The van der Waals surface area contributed by atoms with E-state index in [1.165, 1.54) is 0 Å². The predicted molar refractivity (Wildman–Crippen MR) is 108 cm³/mol. The van der Waals surface area contributed by atoms with Crippen LogP contribution in [0.4, 0.5) is 5.82 Å². The highest BCUT2D eigenvalue weighted by molar-refractivity contribution is 5.59. The normalized spacial score (nSPS) is 12.1. The minimum Gasteiger partial charge on any atom is -0.493 e. The number of aryl methyl sites for hydroxylation is 1. The molecule has 2 aromatic heterocycles. The minimum absolute atomic E-state index is 0.0106. The Bertz CT molecular complexity index is 953. The topological polar surface area (TPSA) is 82.3 Å². The van der Waals surface area contributed by atoms with Crippen LogP contribution in [0.2, 0.25) is 0 Å². The zero-order valence-corrected chi connectivity index (χ0v) is 17.1. The van der Waals surface area contributed by atoms with Gasteiger partial charge in [-0.1, -0.05) is 19.0 Å². The Kier molecular flexibility index (Phi) is 5.82. The number of pyridine rings is 1. The van der Waals surface area contributed by atoms with Crippen LogP contribution in [-0.2, 0) is 0 Å². The first-order valence-corrected chi connectivity index (χ1v) is 9.22. The molecule has 0 spiro atoms. The van der Waals surface area contributed by atoms with E-state index in [4.69, 9.17) is 14.0 Å². The fraction of sp³-hybridized carbons (Fsp3) is 0.381. The van der Waals surface area contributed by atoms with Gasteiger partial charge in [-0.15, -0.1) is 0 Å². The lowest BCUT2D eigenvalue weighted by atomic mass is 10.0. The molecule has 7 heteroatoms. The highest BCUT2D eigenvalue weighted by atomic mass is 16.5. The Balaban J connectivity index is 1.84. The van der Waals surface area contributed by atoms with Gasteiger partial charge in [0.15, 0.2) is 17.3 Å². The number of hydrogen-bond donors (Lipinski definition) is 1. The van der Waals surface area contributed by atoms with Gasteiger partial charge in [-0.2, -0.15) is 4.98 Å². The number of ether oxygens (including phenoxy) is 2. The molecular formula is C21H26N4O3. The van der Waals surface area contributed by atoms with Crippen LogP contribution in [0.3, 0.4) is 0 Å². The van der Waals surface area contributed by atoms with Crippen molar-refractivity contribution in [3.63, 3.8) is 0 Å². The van der Waals surface area contributed by atoms with E-state index >= 15 is 0 Å². The van der Waals surface area contributed by atoms with Crippen molar-refractivity contribution >= 4 is 5.82 Å². The molecule has 1 N–H and O–H groups in total. The van der Waals surface area contributed by atoms with Crippen molar-refractivity contribution in [3.8, 4) is 23.0 Å². The molecule has 1 atom stereocenters. The standard InChI is InChI=1S/C21H26N4O3/c1-12(2)20-24-21(28-25-20)15-7-8-22-19(10-15)23-14(4)16-11-18(27-6)17(26-5)9-13(16)3/h7-12,14H,1-6H3,(H,22,23). The number of benzene rings is 1. The van der Waals surface area contributed by atoms with Gasteiger partial charge < -0.3 is 19.3 Å². The molecule has 0 aliphatic heterocycles. The second-order valence-electron chi connectivity index (χ2n) is 6.97. The summed E-state index contributed by atoms with van der Waals surface area (Å²) < 4.78 is 16.2. The summed E-state index contributed by atoms with van der Waals surface area (Å²) in [6.07, 6.45) is 1.73. The van der Waals surface area contributed by atoms with Crippen LogP contribution in [0.25, 0.3) is 11.5 Å². The monoisotopic (exact) mass is 382 g/mol. The first-order valence-electron chi connectivity index (χ1n) is 9.22. The number of nitrogens with one attached hydrogen (secondary N) is 1. The molecule has 0 fully saturated rings. The SMILES string of the molecule is COc1cc(C)c(C(C)Nc2cc(-c3nc(C(C)C)no3)ccn2)cc1OC. The third-order valence-corrected chi connectivity index (χ3v) is 4.57. The Morgan fingerprint density at radius 1 is 1.04 bits per heavy atom. The van der Waals surface area contributed by atoms with Crippen molar-refractivity contribution < 1.29 is 14.0 Å². The van der Waals surface area contributed by atoms with E-state index in [0.717, 1.165) is 22.5 Å². The fourth-order valence-electron chi connectivity index (χ4n) is 2.99. The van der Waals surface area contributed by atoms with E-state index in [-0.39, 0.29) is 12.0 Å². The highest BCUT2D eigenvalue weighted by Crippen LogP contribution is 2.34. The van der Waals surface area contributed by atoms with Crippen LogP contribution >= 0.6 is 0 Å². The van der Waals surface area contributed by atoms with Gasteiger partial charge in [-0.25, -0.2) is 4.98 Å². The molecule has 0 aliphatic rings. The number of nitrogens with zero attached hydrogens (tertiary/aromatic N) is 3. The molecule has 0 aliphatic carbocycles. The van der Waals surface area contributed by atoms with Gasteiger partial charge in [-0.05, 0) is 49.2 Å². The predicted octanol–water partition coefficient (Wildman–Crippen LogP) is 4.75. The number of methoxy groups -OCH3 is 2. The number of anilines is 1. The van der Waals surface area contributed by atoms with Gasteiger partial charge in [0.05, 0.1) is 20.3 Å². The fourth-order valence-corrected chi connectivity index (χ4v) is 2.99. The summed E-state index contributed by atoms with van der Waals surface area (Å²) in [6.45, 7) is 8.18. The number of aromatic nitrogens is 3. The Labute approximate surface area is 165 Å². The Morgan fingerprint density at radius 2 is 1.75 bits per heavy atom. The summed E-state index contributed by atoms with van der Waals surface area (Å²) in [5, 5.41) is 7.45. The van der Waals surface area contributed by atoms with E-state index in [9.17, 15) is 0 Å². The zero-order chi connectivity index (χ0) is 20.3. The minimum atomic E-state index is 0.0106. The molecule has 1 aromatic carbocycles. The van der Waals surface area contributed by atoms with Gasteiger partial charge >= 0.3 is 0 Å². The lowest BCUT2D eigenvalue weighted by Gasteiger charge is -2.19. The number of hydrogen-bond acceptors (Lipinski definition) is 7. The summed E-state index contributed by atoms with van der Waals surface area (Å²) in [6, 6.07) is 7.74. The average molecular weight is 382 g/mol. The maximum atomic E-state index is 5.43. The van der Waals surface area contributed by atoms with Crippen LogP contribution in [0.5, 0.6) is 11.5 Å². The molecule has 0 amide bonds. The van der Waals surface area contributed by atoms with E-state index in [2.05, 4.69) is 27.4 Å². The molecule has 28 heavy (non-hydrogen) atoms. The molecule has 2 heterocycles. The first kappa shape index (κ1) is 19.7. The van der Waals surface area contributed by atoms with Gasteiger partial charge in [0, 0.05) is 17.7 Å². The lowest BCUT2D eigenvalue weighted by Crippen LogP contribution is -2.10. The van der Waals surface area contributed by atoms with Crippen molar-refractivity contribution in [2.75, 3.05) is 19.5 Å². The van der Waals surface area contributed by atoms with Crippen molar-refractivity contribution in [2.45, 2.75) is 39.7 Å². The molecule has 148 valence electrons. The first-order chi connectivity index (χ1) is 13.4. The molecule has 3 aromatic rings. The summed E-state index contributed by atoms with van der Waals surface area (Å²) >= 11 is 0. The van der Waals surface area contributed by atoms with Crippen LogP contribution in [-0.4, -0.2) is 29.3 Å². The quantitative estimate of drug-likeness (QED) is 0.631. The third-order valence-electron chi connectivity index (χ3n) is 4.57. The highest BCUT2D eigenvalue weighted by Gasteiger charge is 2.16. The summed E-state index contributed by atoms with van der Waals surface area (Å²) in [7, 11) is 3.27. The van der Waals surface area contributed by atoms with Gasteiger partial charge in [0.1, 0.15) is 5.82 Å². The van der Waals surface area contributed by atoms with Crippen LogP contribution < -0.4 is 14.8 Å². The van der Waals surface area contributed by atoms with E-state index in [0.29, 0.717) is 23.2 Å². The lowest BCUT2D eigenvalue weighted by molar-refractivity contribution is 0.354. The van der Waals surface area contributed by atoms with Crippen LogP contribution in [0.1, 0.15) is 49.7 Å². The third kappa shape index (κ3) is 4.08. The smallest absolute Gasteiger partial charge is 0.258 e. The number of rotatable bonds is 7. The van der Waals surface area contributed by atoms with Gasteiger partial charge in [-0.3, -0.25) is 0 Å². The van der Waals surface area contributed by atoms with Gasteiger partial charge in [0.2, 0.25) is 0 Å². The van der Waals surface area contributed by atoms with E-state index in [1.807, 2.05) is 45.0 Å². The van der Waals surface area contributed by atoms with E-state index in [1.54, 1.807) is 20.4 Å². The largest absolute Gasteiger partial charge is 0.493 e. The maximum absolute atomic E-state index is 5.43. The van der Waals surface area contributed by atoms with E-state index < -0.39 is 0 Å². The molecule has 1 unspecified atom stereocenters.